The lowest BCUT2D eigenvalue weighted by atomic mass is 10.2. The molecule has 2 aromatic carbocycles. The first-order valence-corrected chi connectivity index (χ1v) is 8.11. The van der Waals surface area contributed by atoms with Gasteiger partial charge in [-0.1, -0.05) is 24.3 Å². The molecule has 0 saturated heterocycles. The van der Waals surface area contributed by atoms with Crippen LogP contribution in [-0.4, -0.2) is 38.4 Å². The Morgan fingerprint density at radius 1 is 1.19 bits per heavy atom. The van der Waals surface area contributed by atoms with Crippen LogP contribution in [-0.2, 0) is 6.54 Å². The van der Waals surface area contributed by atoms with Gasteiger partial charge < -0.3 is 5.11 Å². The van der Waals surface area contributed by atoms with Gasteiger partial charge in [-0.25, -0.2) is 0 Å². The van der Waals surface area contributed by atoms with Crippen molar-refractivity contribution in [1.82, 2.24) is 9.78 Å². The Bertz CT molecular complexity index is 993. The van der Waals surface area contributed by atoms with Crippen molar-refractivity contribution in [2.45, 2.75) is 6.54 Å². The van der Waals surface area contributed by atoms with Crippen molar-refractivity contribution in [3.63, 3.8) is 0 Å². The van der Waals surface area contributed by atoms with Gasteiger partial charge >= 0.3 is 0 Å². The molecule has 0 aliphatic carbocycles. The number of phenolic OH excluding ortho intramolecular Hbond substituents is 1. The Labute approximate surface area is 154 Å². The highest BCUT2D eigenvalue weighted by molar-refractivity contribution is 5.97. The van der Waals surface area contributed by atoms with E-state index < -0.39 is 4.92 Å². The summed E-state index contributed by atoms with van der Waals surface area (Å²) < 4.78 is 1.58. The second-order valence-corrected chi connectivity index (χ2v) is 5.77. The highest BCUT2D eigenvalue weighted by Crippen LogP contribution is 2.14. The molecule has 0 atom stereocenters. The molecule has 8 heteroatoms. The van der Waals surface area contributed by atoms with Gasteiger partial charge in [-0.2, -0.15) is 5.10 Å². The van der Waals surface area contributed by atoms with E-state index in [1.54, 1.807) is 53.3 Å². The number of aromatic nitrogens is 2. The van der Waals surface area contributed by atoms with Crippen LogP contribution in [0.2, 0.25) is 0 Å². The van der Waals surface area contributed by atoms with E-state index in [-0.39, 0.29) is 29.5 Å². The van der Waals surface area contributed by atoms with Crippen molar-refractivity contribution in [3.8, 4) is 5.75 Å². The van der Waals surface area contributed by atoms with Crippen molar-refractivity contribution in [3.05, 3.63) is 87.7 Å². The topological polar surface area (TPSA) is 111 Å². The summed E-state index contributed by atoms with van der Waals surface area (Å²) in [5.74, 6) is -0.148. The molecule has 1 N–H and O–H groups in total. The molecule has 0 radical (unpaired) electrons. The van der Waals surface area contributed by atoms with Crippen molar-refractivity contribution < 1.29 is 14.8 Å². The van der Waals surface area contributed by atoms with Crippen LogP contribution in [0.5, 0.6) is 5.75 Å². The van der Waals surface area contributed by atoms with Crippen LogP contribution >= 0.6 is 0 Å². The maximum Gasteiger partial charge on any atom is 0.269 e. The summed E-state index contributed by atoms with van der Waals surface area (Å²) in [6, 6.07) is 14.5. The number of carbonyl (C=O) groups excluding carboxylic acids is 1. The number of benzene rings is 2. The normalized spacial score (nSPS) is 11.0. The predicted molar refractivity (Wildman–Crippen MR) is 99.3 cm³/mol. The smallest absolute Gasteiger partial charge is 0.269 e. The molecular weight excluding hydrogens is 348 g/mol. The van der Waals surface area contributed by atoms with Gasteiger partial charge in [-0.05, 0) is 23.8 Å². The quantitative estimate of drug-likeness (QED) is 0.300. The Balaban J connectivity index is 1.60. The third-order valence-electron chi connectivity index (χ3n) is 3.82. The van der Waals surface area contributed by atoms with Crippen molar-refractivity contribution >= 4 is 17.7 Å². The first-order chi connectivity index (χ1) is 13.0. The lowest BCUT2D eigenvalue weighted by molar-refractivity contribution is -0.384. The lowest BCUT2D eigenvalue weighted by Gasteiger charge is -2.01. The fraction of sp³-hybridized carbons (Fsp3) is 0.105. The number of aliphatic imine (C=N–C) groups is 1. The SMILES string of the molecule is O=C(CN=Cc1ccccc1O)c1ccn(Cc2ccc([N+](=O)[O-])cc2)n1. The van der Waals surface area contributed by atoms with Crippen LogP contribution in [0.1, 0.15) is 21.6 Å². The number of hydrogen-bond donors (Lipinski definition) is 1. The zero-order valence-electron chi connectivity index (χ0n) is 14.2. The van der Waals surface area contributed by atoms with E-state index in [0.29, 0.717) is 12.1 Å². The molecule has 0 bridgehead atoms. The number of hydrogen-bond acceptors (Lipinski definition) is 6. The van der Waals surface area contributed by atoms with Crippen LogP contribution in [0.3, 0.4) is 0 Å². The zero-order chi connectivity index (χ0) is 19.2. The molecule has 0 saturated carbocycles. The van der Waals surface area contributed by atoms with Gasteiger partial charge in [0.15, 0.2) is 0 Å². The van der Waals surface area contributed by atoms with E-state index in [0.717, 1.165) is 5.56 Å². The monoisotopic (exact) mass is 364 g/mol. The summed E-state index contributed by atoms with van der Waals surface area (Å²) in [5.41, 5.74) is 1.68. The molecule has 0 amide bonds. The molecule has 0 aliphatic heterocycles. The van der Waals surface area contributed by atoms with E-state index in [1.165, 1.54) is 18.3 Å². The second kappa shape index (κ2) is 8.05. The lowest BCUT2D eigenvalue weighted by Crippen LogP contribution is -2.07. The van der Waals surface area contributed by atoms with Gasteiger partial charge in [0.2, 0.25) is 5.78 Å². The minimum Gasteiger partial charge on any atom is -0.507 e. The fourth-order valence-corrected chi connectivity index (χ4v) is 2.41. The molecule has 136 valence electrons. The summed E-state index contributed by atoms with van der Waals surface area (Å²) in [6.45, 7) is 0.315. The Kier molecular flexibility index (Phi) is 5.36. The van der Waals surface area contributed by atoms with E-state index in [9.17, 15) is 20.0 Å². The summed E-state index contributed by atoms with van der Waals surface area (Å²) in [6.07, 6.45) is 3.11. The van der Waals surface area contributed by atoms with Gasteiger partial charge in [0.1, 0.15) is 18.0 Å². The number of para-hydroxylation sites is 1. The van der Waals surface area contributed by atoms with Crippen LogP contribution in [0.25, 0.3) is 0 Å². The minimum atomic E-state index is -0.454. The Morgan fingerprint density at radius 3 is 2.63 bits per heavy atom. The number of Topliss-reactive ketones (excluding diaryl/α,β-unsaturated/α-hetero) is 1. The van der Waals surface area contributed by atoms with E-state index in [2.05, 4.69) is 10.1 Å². The predicted octanol–water partition coefficient (Wildman–Crippen LogP) is 2.85. The van der Waals surface area contributed by atoms with E-state index >= 15 is 0 Å². The molecule has 1 heterocycles. The van der Waals surface area contributed by atoms with Crippen LogP contribution in [0.4, 0.5) is 5.69 Å². The number of ketones is 1. The summed E-state index contributed by atoms with van der Waals surface area (Å²) in [4.78, 5) is 26.4. The maximum absolute atomic E-state index is 12.2. The number of rotatable bonds is 7. The second-order valence-electron chi connectivity index (χ2n) is 5.77. The standard InChI is InChI=1S/C19H16N4O4/c24-18-4-2-1-3-15(18)11-20-12-19(25)17-9-10-22(21-17)13-14-5-7-16(8-6-14)23(26)27/h1-11,24H,12-13H2. The van der Waals surface area contributed by atoms with Crippen molar-refractivity contribution in [1.29, 1.82) is 0 Å². The Hall–Kier alpha value is -3.81. The highest BCUT2D eigenvalue weighted by atomic mass is 16.6. The molecule has 0 spiro atoms. The Morgan fingerprint density at radius 2 is 1.93 bits per heavy atom. The van der Waals surface area contributed by atoms with Crippen LogP contribution in [0, 0.1) is 10.1 Å². The number of nitro benzene ring substituents is 1. The molecule has 3 rings (SSSR count). The molecule has 27 heavy (non-hydrogen) atoms. The molecular formula is C19H16N4O4. The number of nitrogens with zero attached hydrogens (tertiary/aromatic N) is 4. The van der Waals surface area contributed by atoms with Crippen LogP contribution < -0.4 is 0 Å². The third-order valence-corrected chi connectivity index (χ3v) is 3.82. The molecule has 0 fully saturated rings. The largest absolute Gasteiger partial charge is 0.507 e. The number of carbonyl (C=O) groups is 1. The maximum atomic E-state index is 12.2. The van der Waals surface area contributed by atoms with Gasteiger partial charge in [0.25, 0.3) is 5.69 Å². The molecule has 8 nitrogen and oxygen atoms in total. The highest BCUT2D eigenvalue weighted by Gasteiger charge is 2.10. The van der Waals surface area contributed by atoms with E-state index in [1.807, 2.05) is 0 Å². The van der Waals surface area contributed by atoms with Gasteiger partial charge in [0.05, 0.1) is 11.5 Å². The average molecular weight is 364 g/mol. The third kappa shape index (κ3) is 4.63. The summed E-state index contributed by atoms with van der Waals surface area (Å²) in [7, 11) is 0. The fourth-order valence-electron chi connectivity index (χ4n) is 2.41. The number of non-ortho nitro benzene ring substituents is 1. The first-order valence-electron chi connectivity index (χ1n) is 8.11. The first kappa shape index (κ1) is 18.0. The number of phenols is 1. The molecule has 1 aromatic heterocycles. The van der Waals surface area contributed by atoms with E-state index in [4.69, 9.17) is 0 Å². The summed E-state index contributed by atoms with van der Waals surface area (Å²) >= 11 is 0. The van der Waals surface area contributed by atoms with Crippen molar-refractivity contribution in [2.75, 3.05) is 6.54 Å². The summed E-state index contributed by atoms with van der Waals surface area (Å²) in [5, 5.41) is 24.5. The van der Waals surface area contributed by atoms with Crippen molar-refractivity contribution in [2.24, 2.45) is 4.99 Å². The molecule has 0 aliphatic rings. The average Bonchev–Trinajstić information content (AvgIpc) is 3.12. The van der Waals surface area contributed by atoms with Gasteiger partial charge in [-0.15, -0.1) is 0 Å². The zero-order valence-corrected chi connectivity index (χ0v) is 14.2. The van der Waals surface area contributed by atoms with Gasteiger partial charge in [0, 0.05) is 30.1 Å². The number of aromatic hydroxyl groups is 1. The van der Waals surface area contributed by atoms with Gasteiger partial charge in [-0.3, -0.25) is 24.6 Å². The van der Waals surface area contributed by atoms with Crippen LogP contribution in [0.15, 0.2) is 65.8 Å². The molecule has 0 unspecified atom stereocenters. The number of nitro groups is 1. The minimum absolute atomic E-state index is 0.0254. The molecule has 3 aromatic rings.